The number of carbonyl (C=O) groups excluding carboxylic acids is 1. The summed E-state index contributed by atoms with van der Waals surface area (Å²) < 4.78 is 44.4. The summed E-state index contributed by atoms with van der Waals surface area (Å²) in [6.07, 6.45) is 0.150. The number of rotatable bonds is 7. The molecule has 2 aliphatic rings. The smallest absolute Gasteiger partial charge is 0.338 e. The summed E-state index contributed by atoms with van der Waals surface area (Å²) in [5, 5.41) is 9.65. The number of methoxy groups -OCH3 is 2. The molecule has 1 N–H and O–H groups in total. The van der Waals surface area contributed by atoms with Crippen LogP contribution in [0, 0.1) is 5.41 Å². The van der Waals surface area contributed by atoms with Crippen LogP contribution in [0.1, 0.15) is 39.8 Å². The zero-order valence-corrected chi connectivity index (χ0v) is 16.0. The fraction of sp³-hybridized carbons (Fsp3) is 0.364. The van der Waals surface area contributed by atoms with Gasteiger partial charge in [-0.3, -0.25) is 4.79 Å². The van der Waals surface area contributed by atoms with E-state index >= 15 is 0 Å². The lowest BCUT2D eigenvalue weighted by atomic mass is 9.98. The molecule has 1 unspecified atom stereocenters. The molecule has 0 amide bonds. The van der Waals surface area contributed by atoms with Crippen molar-refractivity contribution in [2.75, 3.05) is 14.1 Å². The Kier molecular flexibility index (Phi) is 3.78. The lowest BCUT2D eigenvalue weighted by Crippen LogP contribution is -2.32. The van der Waals surface area contributed by atoms with Crippen LogP contribution in [0.15, 0.2) is 30.3 Å². The average molecular weight is 401 g/mol. The second kappa shape index (κ2) is 6.99. The van der Waals surface area contributed by atoms with Crippen LogP contribution in [-0.4, -0.2) is 37.3 Å². The third-order valence-electron chi connectivity index (χ3n) is 5.68. The Hall–Kier alpha value is -3.22. The van der Waals surface area contributed by atoms with Gasteiger partial charge in [-0.15, -0.1) is 0 Å². The molecule has 1 saturated carbocycles. The van der Waals surface area contributed by atoms with Gasteiger partial charge in [0.15, 0.2) is 11.5 Å². The van der Waals surface area contributed by atoms with Crippen LogP contribution in [0.25, 0.3) is 11.1 Å². The first-order valence-corrected chi connectivity index (χ1v) is 9.16. The van der Waals surface area contributed by atoms with Crippen LogP contribution < -0.4 is 14.2 Å². The molecule has 4 rings (SSSR count). The third-order valence-corrected chi connectivity index (χ3v) is 5.68. The molecular weight excluding hydrogens is 376 g/mol. The summed E-state index contributed by atoms with van der Waals surface area (Å²) in [5.74, 6) is -1.33. The van der Waals surface area contributed by atoms with E-state index in [1.807, 2.05) is 0 Å². The Labute approximate surface area is 172 Å². The number of ether oxygens (including phenoxy) is 4. The molecule has 7 heteroatoms. The molecule has 2 aromatic carbocycles. The van der Waals surface area contributed by atoms with Crippen molar-refractivity contribution in [1.29, 1.82) is 0 Å². The van der Waals surface area contributed by atoms with Crippen LogP contribution in [0.3, 0.4) is 0 Å². The van der Waals surface area contributed by atoms with Crippen LogP contribution in [0.2, 0.25) is 0 Å². The molecule has 1 aliphatic carbocycles. The number of aliphatic carboxylic acids is 1. The van der Waals surface area contributed by atoms with Gasteiger partial charge in [0, 0.05) is 11.1 Å². The van der Waals surface area contributed by atoms with Crippen molar-refractivity contribution in [2.45, 2.75) is 32.5 Å². The number of carbonyl (C=O) groups is 2. The van der Waals surface area contributed by atoms with Gasteiger partial charge in [0.05, 0.1) is 23.8 Å². The molecule has 1 heterocycles. The maximum atomic E-state index is 11.8. The summed E-state index contributed by atoms with van der Waals surface area (Å²) in [4.78, 5) is 23.6. The fourth-order valence-electron chi connectivity index (χ4n) is 3.67. The highest BCUT2D eigenvalue weighted by Gasteiger charge is 2.56. The lowest BCUT2D eigenvalue weighted by molar-refractivity contribution is -0.146. The largest absolute Gasteiger partial charge is 0.493 e. The van der Waals surface area contributed by atoms with Gasteiger partial charge in [0.1, 0.15) is 18.1 Å². The van der Waals surface area contributed by atoms with E-state index in [4.69, 9.17) is 23.1 Å². The molecule has 0 aromatic heterocycles. The molecule has 29 heavy (non-hydrogen) atoms. The van der Waals surface area contributed by atoms with Gasteiger partial charge in [-0.1, -0.05) is 6.07 Å². The minimum Gasteiger partial charge on any atom is -0.493 e. The van der Waals surface area contributed by atoms with E-state index < -0.39 is 30.5 Å². The summed E-state index contributed by atoms with van der Waals surface area (Å²) >= 11 is 0. The zero-order valence-electron chi connectivity index (χ0n) is 19.0. The Morgan fingerprint density at radius 1 is 1.21 bits per heavy atom. The normalized spacial score (nSPS) is 19.1. The summed E-state index contributed by atoms with van der Waals surface area (Å²) in [6.45, 7) is 1.77. The summed E-state index contributed by atoms with van der Waals surface area (Å²) in [7, 11) is -1.43. The molecule has 7 nitrogen and oxygen atoms in total. The molecule has 1 aliphatic heterocycles. The van der Waals surface area contributed by atoms with Crippen molar-refractivity contribution in [3.8, 4) is 28.4 Å². The first kappa shape index (κ1) is 15.7. The second-order valence-electron chi connectivity index (χ2n) is 7.25. The summed E-state index contributed by atoms with van der Waals surface area (Å²) in [5.41, 5.74) is 1.20. The van der Waals surface area contributed by atoms with E-state index in [2.05, 4.69) is 0 Å². The van der Waals surface area contributed by atoms with Crippen molar-refractivity contribution in [3.05, 3.63) is 41.5 Å². The predicted molar refractivity (Wildman–Crippen MR) is 103 cm³/mol. The number of hydrogen-bond acceptors (Lipinski definition) is 6. The van der Waals surface area contributed by atoms with Gasteiger partial charge in [0.2, 0.25) is 5.75 Å². The number of carboxylic acid groups (broad SMARTS) is 1. The average Bonchev–Trinajstić information content (AvgIpc) is 3.47. The van der Waals surface area contributed by atoms with Crippen LogP contribution in [0.4, 0.5) is 0 Å². The Bertz CT molecular complexity index is 1090. The minimum atomic E-state index is -2.80. The van der Waals surface area contributed by atoms with Crippen LogP contribution in [0.5, 0.6) is 17.2 Å². The molecule has 0 spiro atoms. The van der Waals surface area contributed by atoms with Crippen LogP contribution >= 0.6 is 0 Å². The SMILES string of the molecule is [2H]C([2H])([2H])Oc1c(OC)ccc(-c2ccc3c(c2)COC3=O)c1OC(C)C1(C(=O)O)CC1. The Balaban J connectivity index is 1.85. The van der Waals surface area contributed by atoms with Crippen LogP contribution in [-0.2, 0) is 16.1 Å². The van der Waals surface area contributed by atoms with Gasteiger partial charge in [-0.25, -0.2) is 4.79 Å². The Morgan fingerprint density at radius 2 is 1.97 bits per heavy atom. The number of esters is 1. The summed E-state index contributed by atoms with van der Waals surface area (Å²) in [6, 6.07) is 8.29. The molecular formula is C22H22O7. The van der Waals surface area contributed by atoms with Crippen molar-refractivity contribution < 1.29 is 37.8 Å². The van der Waals surface area contributed by atoms with Crippen molar-refractivity contribution in [2.24, 2.45) is 5.41 Å². The molecule has 152 valence electrons. The van der Waals surface area contributed by atoms with Gasteiger partial charge in [-0.2, -0.15) is 0 Å². The monoisotopic (exact) mass is 401 g/mol. The first-order valence-electron chi connectivity index (χ1n) is 10.7. The van der Waals surface area contributed by atoms with E-state index in [1.54, 1.807) is 37.3 Å². The molecule has 0 bridgehead atoms. The van der Waals surface area contributed by atoms with Gasteiger partial charge < -0.3 is 24.1 Å². The van der Waals surface area contributed by atoms with Crippen molar-refractivity contribution in [1.82, 2.24) is 0 Å². The minimum absolute atomic E-state index is 0.0608. The van der Waals surface area contributed by atoms with E-state index in [9.17, 15) is 14.7 Å². The maximum absolute atomic E-state index is 11.8. The van der Waals surface area contributed by atoms with E-state index in [0.29, 0.717) is 35.1 Å². The number of carboxylic acids is 1. The second-order valence-corrected chi connectivity index (χ2v) is 7.25. The third kappa shape index (κ3) is 3.06. The van der Waals surface area contributed by atoms with Gasteiger partial charge >= 0.3 is 11.9 Å². The number of benzene rings is 2. The lowest BCUT2D eigenvalue weighted by Gasteiger charge is -2.25. The first-order chi connectivity index (χ1) is 15.1. The highest BCUT2D eigenvalue weighted by molar-refractivity contribution is 5.94. The van der Waals surface area contributed by atoms with Gasteiger partial charge in [-0.05, 0) is 49.6 Å². The molecule has 2 aromatic rings. The Morgan fingerprint density at radius 3 is 2.62 bits per heavy atom. The number of cyclic esters (lactones) is 1. The number of fused-ring (bicyclic) bond motifs is 1. The fourth-order valence-corrected chi connectivity index (χ4v) is 3.67. The number of hydrogen-bond donors (Lipinski definition) is 1. The maximum Gasteiger partial charge on any atom is 0.338 e. The molecule has 0 saturated heterocycles. The quantitative estimate of drug-likeness (QED) is 0.708. The van der Waals surface area contributed by atoms with Gasteiger partial charge in [0.25, 0.3) is 0 Å². The topological polar surface area (TPSA) is 91.3 Å². The highest BCUT2D eigenvalue weighted by atomic mass is 16.5. The molecule has 0 radical (unpaired) electrons. The van der Waals surface area contributed by atoms with Crippen molar-refractivity contribution in [3.63, 3.8) is 0 Å². The standard InChI is InChI=1S/C22H22O7/c1-12(22(8-9-22)21(24)25)29-18-15(6-7-17(26-2)19(18)27-3)13-4-5-16-14(10-13)11-28-20(16)23/h4-7,10,12H,8-9,11H2,1-3H3,(H,24,25)/i3D3. The van der Waals surface area contributed by atoms with E-state index in [-0.39, 0.29) is 23.9 Å². The zero-order chi connectivity index (χ0) is 23.3. The predicted octanol–water partition coefficient (Wildman–Crippen LogP) is 3.67. The molecule has 1 fully saturated rings. The van der Waals surface area contributed by atoms with E-state index in [1.165, 1.54) is 7.11 Å². The van der Waals surface area contributed by atoms with Crippen molar-refractivity contribution >= 4 is 11.9 Å². The highest BCUT2D eigenvalue weighted by Crippen LogP contribution is 2.53. The van der Waals surface area contributed by atoms with E-state index in [0.717, 1.165) is 0 Å². The molecule has 1 atom stereocenters.